The fraction of sp³-hybridized carbons (Fsp3) is 0.500. The van der Waals surface area contributed by atoms with E-state index < -0.39 is 0 Å². The number of carbonyl (C=O) groups excluding carboxylic acids is 1. The fourth-order valence-electron chi connectivity index (χ4n) is 3.28. The molecule has 1 aromatic heterocycles. The van der Waals surface area contributed by atoms with E-state index in [0.29, 0.717) is 6.42 Å². The minimum atomic E-state index is -0.0192. The van der Waals surface area contributed by atoms with Crippen LogP contribution in [-0.4, -0.2) is 22.4 Å². The average Bonchev–Trinajstić information content (AvgIpc) is 2.64. The number of aryl methyl sites for hydroxylation is 2. The third kappa shape index (κ3) is 5.13. The van der Waals surface area contributed by atoms with Gasteiger partial charge in [-0.1, -0.05) is 32.9 Å². The molecule has 0 saturated carbocycles. The molecular weight excluding hydrogens is 336 g/mol. The standard InChI is InChI=1S/C22H30N4O/c1-15(16-7-9-19-17(14-16)8-10-20(27)26-19)23-12-5-6-18-11-13-24-21(25-18)22(2,3)4/h7,9,11,13-15,23H,5-6,8,10,12H2,1-4H3,(H,26,27). The predicted molar refractivity (Wildman–Crippen MR) is 109 cm³/mol. The number of aromatic nitrogens is 2. The van der Waals surface area contributed by atoms with Gasteiger partial charge in [-0.2, -0.15) is 0 Å². The molecule has 2 N–H and O–H groups in total. The van der Waals surface area contributed by atoms with Gasteiger partial charge >= 0.3 is 0 Å². The van der Waals surface area contributed by atoms with Gasteiger partial charge in [0, 0.05) is 35.5 Å². The molecule has 5 heteroatoms. The highest BCUT2D eigenvalue weighted by molar-refractivity contribution is 5.93. The van der Waals surface area contributed by atoms with Crippen molar-refractivity contribution >= 4 is 11.6 Å². The molecule has 1 unspecified atom stereocenters. The molecule has 2 heterocycles. The van der Waals surface area contributed by atoms with Gasteiger partial charge in [-0.05, 0) is 56.0 Å². The first-order valence-electron chi connectivity index (χ1n) is 9.81. The van der Waals surface area contributed by atoms with Gasteiger partial charge in [0.2, 0.25) is 5.91 Å². The van der Waals surface area contributed by atoms with Gasteiger partial charge in [0.15, 0.2) is 0 Å². The molecule has 0 saturated heterocycles. The number of amides is 1. The van der Waals surface area contributed by atoms with Crippen molar-refractivity contribution in [2.45, 2.75) is 64.8 Å². The van der Waals surface area contributed by atoms with Crippen LogP contribution in [-0.2, 0) is 23.1 Å². The molecule has 2 aromatic rings. The molecule has 0 spiro atoms. The third-order valence-corrected chi connectivity index (χ3v) is 4.97. The van der Waals surface area contributed by atoms with Crippen LogP contribution in [0.4, 0.5) is 5.69 Å². The Hall–Kier alpha value is -2.27. The zero-order valence-electron chi connectivity index (χ0n) is 16.8. The van der Waals surface area contributed by atoms with Crippen molar-refractivity contribution in [1.82, 2.24) is 15.3 Å². The normalized spacial score (nSPS) is 15.2. The summed E-state index contributed by atoms with van der Waals surface area (Å²) in [5, 5.41) is 6.54. The highest BCUT2D eigenvalue weighted by Gasteiger charge is 2.18. The summed E-state index contributed by atoms with van der Waals surface area (Å²) in [6, 6.07) is 8.63. The van der Waals surface area contributed by atoms with Crippen LogP contribution in [0.25, 0.3) is 0 Å². The van der Waals surface area contributed by atoms with Crippen molar-refractivity contribution in [2.24, 2.45) is 0 Å². The van der Waals surface area contributed by atoms with Crippen molar-refractivity contribution < 1.29 is 4.79 Å². The maximum atomic E-state index is 11.5. The molecule has 0 bridgehead atoms. The fourth-order valence-corrected chi connectivity index (χ4v) is 3.28. The Kier molecular flexibility index (Phi) is 5.90. The number of anilines is 1. The number of fused-ring (bicyclic) bond motifs is 1. The molecule has 0 aliphatic carbocycles. The number of rotatable bonds is 6. The Labute approximate surface area is 162 Å². The molecule has 1 aromatic carbocycles. The van der Waals surface area contributed by atoms with E-state index in [1.165, 1.54) is 11.1 Å². The summed E-state index contributed by atoms with van der Waals surface area (Å²) in [6.45, 7) is 9.54. The minimum absolute atomic E-state index is 0.0192. The minimum Gasteiger partial charge on any atom is -0.326 e. The molecule has 1 aliphatic heterocycles. The number of hydrogen-bond acceptors (Lipinski definition) is 4. The lowest BCUT2D eigenvalue weighted by Crippen LogP contribution is -2.22. The quantitative estimate of drug-likeness (QED) is 0.760. The second-order valence-electron chi connectivity index (χ2n) is 8.37. The summed E-state index contributed by atoms with van der Waals surface area (Å²) in [5.74, 6) is 1.02. The van der Waals surface area contributed by atoms with Gasteiger partial charge in [0.05, 0.1) is 0 Å². The summed E-state index contributed by atoms with van der Waals surface area (Å²) in [4.78, 5) is 20.6. The summed E-state index contributed by atoms with van der Waals surface area (Å²) in [6.07, 6.45) is 5.25. The van der Waals surface area contributed by atoms with Gasteiger partial charge < -0.3 is 10.6 Å². The van der Waals surface area contributed by atoms with Crippen LogP contribution in [0, 0.1) is 0 Å². The zero-order valence-corrected chi connectivity index (χ0v) is 16.8. The summed E-state index contributed by atoms with van der Waals surface area (Å²) < 4.78 is 0. The van der Waals surface area contributed by atoms with Gasteiger partial charge in [-0.15, -0.1) is 0 Å². The van der Waals surface area contributed by atoms with Crippen molar-refractivity contribution in [3.05, 3.63) is 53.1 Å². The number of nitrogens with one attached hydrogen (secondary N) is 2. The van der Waals surface area contributed by atoms with Crippen molar-refractivity contribution in [3.63, 3.8) is 0 Å². The maximum absolute atomic E-state index is 11.5. The molecule has 0 fully saturated rings. The van der Waals surface area contributed by atoms with Crippen molar-refractivity contribution in [3.8, 4) is 0 Å². The van der Waals surface area contributed by atoms with Crippen LogP contribution in [0.3, 0.4) is 0 Å². The lowest BCUT2D eigenvalue weighted by atomic mass is 9.95. The molecular formula is C22H30N4O. The van der Waals surface area contributed by atoms with Crippen LogP contribution in [0.1, 0.15) is 69.2 Å². The van der Waals surface area contributed by atoms with Crippen molar-refractivity contribution in [2.75, 3.05) is 11.9 Å². The molecule has 3 rings (SSSR count). The van der Waals surface area contributed by atoms with E-state index in [0.717, 1.165) is 43.0 Å². The monoisotopic (exact) mass is 366 g/mol. The topological polar surface area (TPSA) is 66.9 Å². The van der Waals surface area contributed by atoms with E-state index in [9.17, 15) is 4.79 Å². The van der Waals surface area contributed by atoms with Gasteiger partial charge in [0.1, 0.15) is 5.82 Å². The highest BCUT2D eigenvalue weighted by atomic mass is 16.1. The molecule has 144 valence electrons. The average molecular weight is 367 g/mol. The molecule has 5 nitrogen and oxygen atoms in total. The van der Waals surface area contributed by atoms with E-state index in [4.69, 9.17) is 4.98 Å². The van der Waals surface area contributed by atoms with E-state index in [2.05, 4.69) is 55.4 Å². The van der Waals surface area contributed by atoms with Crippen LogP contribution in [0.15, 0.2) is 30.5 Å². The smallest absolute Gasteiger partial charge is 0.224 e. The second kappa shape index (κ2) is 8.17. The van der Waals surface area contributed by atoms with Crippen molar-refractivity contribution in [1.29, 1.82) is 0 Å². The lowest BCUT2D eigenvalue weighted by molar-refractivity contribution is -0.116. The molecule has 0 radical (unpaired) electrons. The first-order chi connectivity index (χ1) is 12.8. The second-order valence-corrected chi connectivity index (χ2v) is 8.37. The van der Waals surface area contributed by atoms with Crippen LogP contribution in [0.2, 0.25) is 0 Å². The van der Waals surface area contributed by atoms with E-state index in [1.54, 1.807) is 0 Å². The third-order valence-electron chi connectivity index (χ3n) is 4.97. The number of nitrogens with zero attached hydrogens (tertiary/aromatic N) is 2. The first kappa shape index (κ1) is 19.5. The van der Waals surface area contributed by atoms with E-state index >= 15 is 0 Å². The SMILES string of the molecule is CC(NCCCc1ccnc(C(C)(C)C)n1)c1ccc2c(c1)CCC(=O)N2. The van der Waals surface area contributed by atoms with Gasteiger partial charge in [0.25, 0.3) is 0 Å². The molecule has 27 heavy (non-hydrogen) atoms. The summed E-state index contributed by atoms with van der Waals surface area (Å²) in [5.41, 5.74) is 4.54. The maximum Gasteiger partial charge on any atom is 0.224 e. The Balaban J connectivity index is 1.50. The largest absolute Gasteiger partial charge is 0.326 e. The van der Waals surface area contributed by atoms with E-state index in [1.807, 2.05) is 18.3 Å². The highest BCUT2D eigenvalue weighted by Crippen LogP contribution is 2.26. The Morgan fingerprint density at radius 1 is 1.22 bits per heavy atom. The number of hydrogen-bond donors (Lipinski definition) is 2. The zero-order chi connectivity index (χ0) is 19.4. The van der Waals surface area contributed by atoms with Crippen LogP contribution in [0.5, 0.6) is 0 Å². The first-order valence-corrected chi connectivity index (χ1v) is 9.81. The summed E-state index contributed by atoms with van der Waals surface area (Å²) >= 11 is 0. The number of carbonyl (C=O) groups is 1. The van der Waals surface area contributed by atoms with Crippen LogP contribution >= 0.6 is 0 Å². The van der Waals surface area contributed by atoms with Gasteiger partial charge in [-0.3, -0.25) is 4.79 Å². The summed E-state index contributed by atoms with van der Waals surface area (Å²) in [7, 11) is 0. The lowest BCUT2D eigenvalue weighted by Gasteiger charge is -2.20. The predicted octanol–water partition coefficient (Wildman–Crippen LogP) is 3.94. The van der Waals surface area contributed by atoms with Crippen LogP contribution < -0.4 is 10.6 Å². The Morgan fingerprint density at radius 3 is 2.81 bits per heavy atom. The molecule has 1 amide bonds. The Morgan fingerprint density at radius 2 is 2.04 bits per heavy atom. The Bertz CT molecular complexity index is 810. The number of benzene rings is 1. The van der Waals surface area contributed by atoms with Gasteiger partial charge in [-0.25, -0.2) is 9.97 Å². The molecule has 1 aliphatic rings. The molecule has 1 atom stereocenters. The van der Waals surface area contributed by atoms with E-state index in [-0.39, 0.29) is 17.4 Å².